The smallest absolute Gasteiger partial charge is 0.156 e. The summed E-state index contributed by atoms with van der Waals surface area (Å²) in [6.45, 7) is 3.86. The lowest BCUT2D eigenvalue weighted by Crippen LogP contribution is -1.88. The molecule has 3 aromatic heterocycles. The maximum Gasteiger partial charge on any atom is 0.156 e. The van der Waals surface area contributed by atoms with Gasteiger partial charge in [-0.2, -0.15) is 0 Å². The third kappa shape index (κ3) is 1.98. The number of benzene rings is 1. The van der Waals surface area contributed by atoms with Gasteiger partial charge in [0.2, 0.25) is 0 Å². The Bertz CT molecular complexity index is 948. The molecule has 3 heterocycles. The quantitative estimate of drug-likeness (QED) is 0.611. The highest BCUT2D eigenvalue weighted by Gasteiger charge is 2.12. The van der Waals surface area contributed by atoms with E-state index in [1.807, 2.05) is 32.0 Å². The van der Waals surface area contributed by atoms with Crippen molar-refractivity contribution in [3.8, 4) is 22.4 Å². The summed E-state index contributed by atoms with van der Waals surface area (Å²) in [6.07, 6.45) is 3.48. The Balaban J connectivity index is 1.84. The predicted octanol–water partition coefficient (Wildman–Crippen LogP) is 3.70. The van der Waals surface area contributed by atoms with Crippen LogP contribution in [-0.4, -0.2) is 20.1 Å². The Labute approximate surface area is 127 Å². The maximum absolute atomic E-state index is 5.26. The maximum atomic E-state index is 5.26. The van der Waals surface area contributed by atoms with E-state index in [1.165, 1.54) is 0 Å². The number of aromatic amines is 1. The van der Waals surface area contributed by atoms with Gasteiger partial charge in [0, 0.05) is 23.4 Å². The molecule has 0 bridgehead atoms. The highest BCUT2D eigenvalue weighted by Crippen LogP contribution is 2.30. The van der Waals surface area contributed by atoms with Crippen LogP contribution < -0.4 is 0 Å². The Morgan fingerprint density at radius 3 is 2.86 bits per heavy atom. The fourth-order valence-electron chi connectivity index (χ4n) is 2.64. The lowest BCUT2D eigenvalue weighted by molar-refractivity contribution is 0.393. The fourth-order valence-corrected chi connectivity index (χ4v) is 2.64. The van der Waals surface area contributed by atoms with E-state index in [0.29, 0.717) is 0 Å². The average molecular weight is 289 g/mol. The highest BCUT2D eigenvalue weighted by molar-refractivity contribution is 5.77. The van der Waals surface area contributed by atoms with E-state index >= 15 is 0 Å². The second-order valence-corrected chi connectivity index (χ2v) is 5.17. The number of nitrogens with one attached hydrogen (secondary N) is 1. The highest BCUT2D eigenvalue weighted by atomic mass is 16.5. The van der Waals surface area contributed by atoms with Crippen LogP contribution >= 0.6 is 0 Å². The van der Waals surface area contributed by atoms with Crippen LogP contribution in [0.4, 0.5) is 0 Å². The largest absolute Gasteiger partial charge is 0.361 e. The number of aryl methyl sites for hydroxylation is 2. The zero-order chi connectivity index (χ0) is 15.1. The van der Waals surface area contributed by atoms with Crippen molar-refractivity contribution in [2.45, 2.75) is 13.8 Å². The zero-order valence-corrected chi connectivity index (χ0v) is 12.2. The molecule has 5 nitrogen and oxygen atoms in total. The molecule has 1 radical (unpaired) electrons. The van der Waals surface area contributed by atoms with Crippen molar-refractivity contribution in [2.24, 2.45) is 0 Å². The van der Waals surface area contributed by atoms with E-state index in [2.05, 4.69) is 32.2 Å². The molecule has 107 valence electrons. The Kier molecular flexibility index (Phi) is 2.79. The molecular formula is C17H13N4O. The van der Waals surface area contributed by atoms with Crippen LogP contribution in [0.15, 0.2) is 41.2 Å². The van der Waals surface area contributed by atoms with Gasteiger partial charge in [0.1, 0.15) is 11.3 Å². The number of hydrogen-bond donors (Lipinski definition) is 1. The van der Waals surface area contributed by atoms with Gasteiger partial charge in [0.15, 0.2) is 5.65 Å². The first-order valence-corrected chi connectivity index (χ1v) is 6.98. The van der Waals surface area contributed by atoms with Crippen molar-refractivity contribution in [1.82, 2.24) is 20.1 Å². The summed E-state index contributed by atoms with van der Waals surface area (Å²) < 4.78 is 5.26. The SMILES string of the molecule is Cc1noc(C)c1-c1cccc(-c2cnc3[nH]c[c]c3n2)c1. The molecule has 0 atom stereocenters. The van der Waals surface area contributed by atoms with Crippen molar-refractivity contribution in [1.29, 1.82) is 0 Å². The normalized spacial score (nSPS) is 11.2. The third-order valence-corrected chi connectivity index (χ3v) is 3.67. The summed E-state index contributed by atoms with van der Waals surface area (Å²) >= 11 is 0. The van der Waals surface area contributed by atoms with Gasteiger partial charge in [0.05, 0.1) is 17.6 Å². The Morgan fingerprint density at radius 2 is 2.05 bits per heavy atom. The van der Waals surface area contributed by atoms with Crippen molar-refractivity contribution >= 4 is 11.2 Å². The number of rotatable bonds is 2. The molecule has 0 aliphatic carbocycles. The van der Waals surface area contributed by atoms with Gasteiger partial charge in [0.25, 0.3) is 0 Å². The van der Waals surface area contributed by atoms with Gasteiger partial charge in [-0.3, -0.25) is 0 Å². The minimum Gasteiger partial charge on any atom is -0.361 e. The summed E-state index contributed by atoms with van der Waals surface area (Å²) in [4.78, 5) is 11.9. The molecule has 0 fully saturated rings. The van der Waals surface area contributed by atoms with Crippen LogP contribution in [-0.2, 0) is 0 Å². The first-order chi connectivity index (χ1) is 10.7. The van der Waals surface area contributed by atoms with E-state index in [9.17, 15) is 0 Å². The van der Waals surface area contributed by atoms with E-state index in [-0.39, 0.29) is 0 Å². The van der Waals surface area contributed by atoms with Gasteiger partial charge >= 0.3 is 0 Å². The summed E-state index contributed by atoms with van der Waals surface area (Å²) in [5.41, 5.74) is 6.28. The van der Waals surface area contributed by atoms with E-state index < -0.39 is 0 Å². The van der Waals surface area contributed by atoms with Crippen LogP contribution in [0.1, 0.15) is 11.5 Å². The molecule has 0 saturated carbocycles. The first-order valence-electron chi connectivity index (χ1n) is 6.98. The summed E-state index contributed by atoms with van der Waals surface area (Å²) in [6, 6.07) is 11.2. The molecular weight excluding hydrogens is 276 g/mol. The molecule has 4 rings (SSSR count). The van der Waals surface area contributed by atoms with Gasteiger partial charge < -0.3 is 9.51 Å². The summed E-state index contributed by atoms with van der Waals surface area (Å²) in [5.74, 6) is 0.815. The monoisotopic (exact) mass is 289 g/mol. The third-order valence-electron chi connectivity index (χ3n) is 3.67. The van der Waals surface area contributed by atoms with Gasteiger partial charge in [-0.15, -0.1) is 0 Å². The number of fused-ring (bicyclic) bond motifs is 1. The topological polar surface area (TPSA) is 67.6 Å². The Hall–Kier alpha value is -2.95. The van der Waals surface area contributed by atoms with Crippen LogP contribution in [0.5, 0.6) is 0 Å². The number of nitrogens with zero attached hydrogens (tertiary/aromatic N) is 3. The van der Waals surface area contributed by atoms with Gasteiger partial charge in [-0.05, 0) is 25.5 Å². The second kappa shape index (κ2) is 4.80. The standard InChI is InChI=1S/C17H13N4O/c1-10-16(11(2)22-21-10)13-5-3-4-12(8-13)15-9-19-17-14(20-15)6-7-18-17/h3-5,7-9H,1-2H3,(H,18,19). The van der Waals surface area contributed by atoms with Crippen LogP contribution in [0, 0.1) is 19.9 Å². The number of aromatic nitrogens is 4. The van der Waals surface area contributed by atoms with Crippen molar-refractivity contribution in [2.75, 3.05) is 0 Å². The van der Waals surface area contributed by atoms with Gasteiger partial charge in [-0.1, -0.05) is 23.4 Å². The van der Waals surface area contributed by atoms with Crippen molar-refractivity contribution < 1.29 is 4.52 Å². The molecule has 5 heteroatoms. The average Bonchev–Trinajstić information content (AvgIpc) is 3.13. The summed E-state index contributed by atoms with van der Waals surface area (Å²) in [7, 11) is 0. The first kappa shape index (κ1) is 12.8. The van der Waals surface area contributed by atoms with Crippen LogP contribution in [0.25, 0.3) is 33.5 Å². The van der Waals surface area contributed by atoms with Crippen LogP contribution in [0.2, 0.25) is 0 Å². The Morgan fingerprint density at radius 1 is 1.18 bits per heavy atom. The molecule has 0 spiro atoms. The van der Waals surface area contributed by atoms with E-state index in [1.54, 1.807) is 12.4 Å². The zero-order valence-electron chi connectivity index (χ0n) is 12.2. The predicted molar refractivity (Wildman–Crippen MR) is 83.1 cm³/mol. The number of hydrogen-bond acceptors (Lipinski definition) is 4. The molecule has 0 aliphatic heterocycles. The molecule has 1 N–H and O–H groups in total. The fraction of sp³-hybridized carbons (Fsp3) is 0.118. The number of H-pyrrole nitrogens is 1. The van der Waals surface area contributed by atoms with Crippen molar-refractivity contribution in [3.05, 3.63) is 54.2 Å². The second-order valence-electron chi connectivity index (χ2n) is 5.17. The lowest BCUT2D eigenvalue weighted by Gasteiger charge is -2.05. The summed E-state index contributed by atoms with van der Waals surface area (Å²) in [5, 5.41) is 4.02. The van der Waals surface area contributed by atoms with E-state index in [4.69, 9.17) is 4.52 Å². The van der Waals surface area contributed by atoms with Crippen LogP contribution in [0.3, 0.4) is 0 Å². The molecule has 0 saturated heterocycles. The molecule has 4 aromatic rings. The molecule has 0 unspecified atom stereocenters. The lowest BCUT2D eigenvalue weighted by atomic mass is 10.0. The minimum atomic E-state index is 0.736. The van der Waals surface area contributed by atoms with E-state index in [0.717, 1.165) is 45.0 Å². The van der Waals surface area contributed by atoms with Crippen molar-refractivity contribution in [3.63, 3.8) is 0 Å². The molecule has 0 aliphatic rings. The molecule has 22 heavy (non-hydrogen) atoms. The minimum absolute atomic E-state index is 0.736. The molecule has 0 amide bonds. The molecule has 1 aromatic carbocycles. The van der Waals surface area contributed by atoms with Gasteiger partial charge in [-0.25, -0.2) is 9.97 Å².